The molecule has 0 unspecified atom stereocenters. The summed E-state index contributed by atoms with van der Waals surface area (Å²) >= 11 is 0. The molecule has 0 aromatic carbocycles. The van der Waals surface area contributed by atoms with Crippen molar-refractivity contribution < 1.29 is 9.68 Å². The van der Waals surface area contributed by atoms with E-state index < -0.39 is 0 Å². The number of rotatable bonds is 4. The number of oxime groups is 2. The lowest BCUT2D eigenvalue weighted by Crippen LogP contribution is -2.32. The molecule has 0 saturated carbocycles. The highest BCUT2D eigenvalue weighted by molar-refractivity contribution is 6.39. The van der Waals surface area contributed by atoms with Crippen LogP contribution in [0.25, 0.3) is 0 Å². The molecular weight excluding hydrogens is 236 g/mol. The van der Waals surface area contributed by atoms with E-state index in [1.165, 1.54) is 17.3 Å². The van der Waals surface area contributed by atoms with Crippen LogP contribution in [0.5, 0.6) is 0 Å². The van der Waals surface area contributed by atoms with Crippen LogP contribution in [0.15, 0.2) is 23.0 Å². The van der Waals surface area contributed by atoms with E-state index in [0.29, 0.717) is 0 Å². The van der Waals surface area contributed by atoms with Crippen molar-refractivity contribution in [2.24, 2.45) is 16.0 Å². The van der Waals surface area contributed by atoms with Gasteiger partial charge in [-0.05, 0) is 27.7 Å². The molecule has 18 heavy (non-hydrogen) atoms. The topological polar surface area (TPSA) is 99.9 Å². The van der Waals surface area contributed by atoms with Crippen molar-refractivity contribution >= 4 is 11.7 Å². The zero-order chi connectivity index (χ0) is 13.5. The Labute approximate surface area is 105 Å². The Morgan fingerprint density at radius 3 is 2.28 bits per heavy atom. The predicted octanol–water partition coefficient (Wildman–Crippen LogP) is 0.562. The van der Waals surface area contributed by atoms with Crippen molar-refractivity contribution in [3.05, 3.63) is 12.7 Å². The minimum absolute atomic E-state index is 0.0647. The lowest BCUT2D eigenvalue weighted by molar-refractivity contribution is 0.0822. The fraction of sp³-hybridized carbons (Fsp3) is 0.600. The third kappa shape index (κ3) is 4.40. The molecular formula is C10H18N6O2. The van der Waals surface area contributed by atoms with Crippen LogP contribution in [0.1, 0.15) is 27.7 Å². The fourth-order valence-electron chi connectivity index (χ4n) is 0.882. The van der Waals surface area contributed by atoms with Gasteiger partial charge in [-0.3, -0.25) is 0 Å². The standard InChI is InChI=1S/C10H18N6O2/c1-7(2)17-14-9(11)10(15-18-8(3)4)16-6-12-5-13-16/h5-8H,1-4H3,(H2,11,14)/b15-10-. The molecule has 0 amide bonds. The third-order valence-corrected chi connectivity index (χ3v) is 1.58. The smallest absolute Gasteiger partial charge is 0.240 e. The summed E-state index contributed by atoms with van der Waals surface area (Å²) in [6, 6.07) is 0. The summed E-state index contributed by atoms with van der Waals surface area (Å²) in [7, 11) is 0. The summed E-state index contributed by atoms with van der Waals surface area (Å²) < 4.78 is 1.35. The quantitative estimate of drug-likeness (QED) is 0.481. The van der Waals surface area contributed by atoms with Gasteiger partial charge in [0.1, 0.15) is 24.9 Å². The molecule has 0 saturated heterocycles. The summed E-state index contributed by atoms with van der Waals surface area (Å²) in [5.41, 5.74) is 5.77. The molecule has 8 heteroatoms. The maximum absolute atomic E-state index is 5.77. The summed E-state index contributed by atoms with van der Waals surface area (Å²) in [6.45, 7) is 7.38. The van der Waals surface area contributed by atoms with Crippen LogP contribution in [-0.4, -0.2) is 38.6 Å². The number of nitrogens with two attached hydrogens (primary N) is 1. The van der Waals surface area contributed by atoms with E-state index in [4.69, 9.17) is 15.4 Å². The maximum atomic E-state index is 5.77. The number of hydrogen-bond donors (Lipinski definition) is 1. The first-order valence-corrected chi connectivity index (χ1v) is 5.59. The van der Waals surface area contributed by atoms with Crippen LogP contribution in [0, 0.1) is 0 Å². The first-order chi connectivity index (χ1) is 8.50. The van der Waals surface area contributed by atoms with Crippen molar-refractivity contribution in [3.63, 3.8) is 0 Å². The lowest BCUT2D eigenvalue weighted by atomic mass is 10.5. The monoisotopic (exact) mass is 254 g/mol. The molecule has 2 N–H and O–H groups in total. The Kier molecular flexibility index (Phi) is 5.09. The van der Waals surface area contributed by atoms with E-state index in [0.717, 1.165) is 0 Å². The molecule has 0 atom stereocenters. The molecule has 0 spiro atoms. The van der Waals surface area contributed by atoms with Crippen LogP contribution in [0.2, 0.25) is 0 Å². The van der Waals surface area contributed by atoms with Gasteiger partial charge in [-0.25, -0.2) is 4.98 Å². The van der Waals surface area contributed by atoms with Gasteiger partial charge in [0.05, 0.1) is 0 Å². The summed E-state index contributed by atoms with van der Waals surface area (Å²) in [4.78, 5) is 14.0. The Morgan fingerprint density at radius 1 is 1.17 bits per heavy atom. The van der Waals surface area contributed by atoms with Gasteiger partial charge in [0.15, 0.2) is 0 Å². The maximum Gasteiger partial charge on any atom is 0.240 e. The number of amidine groups is 1. The van der Waals surface area contributed by atoms with E-state index in [2.05, 4.69) is 20.4 Å². The normalized spacial score (nSPS) is 13.2. The second-order valence-corrected chi connectivity index (χ2v) is 4.04. The van der Waals surface area contributed by atoms with Gasteiger partial charge in [-0.1, -0.05) is 10.3 Å². The molecule has 0 bridgehead atoms. The second kappa shape index (κ2) is 6.58. The molecule has 0 radical (unpaired) electrons. The summed E-state index contributed by atoms with van der Waals surface area (Å²) in [6.07, 6.45) is 2.65. The van der Waals surface area contributed by atoms with Crippen LogP contribution in [0.3, 0.4) is 0 Å². The fourth-order valence-corrected chi connectivity index (χ4v) is 0.882. The van der Waals surface area contributed by atoms with Gasteiger partial charge in [0, 0.05) is 0 Å². The molecule has 0 aliphatic rings. The molecule has 0 aliphatic carbocycles. The summed E-state index contributed by atoms with van der Waals surface area (Å²) in [5, 5.41) is 11.6. The van der Waals surface area contributed by atoms with Crippen molar-refractivity contribution in [2.75, 3.05) is 0 Å². The molecule has 100 valence electrons. The van der Waals surface area contributed by atoms with Gasteiger partial charge in [0.25, 0.3) is 0 Å². The highest BCUT2D eigenvalue weighted by atomic mass is 16.6. The molecule has 1 aromatic heterocycles. The average Bonchev–Trinajstić information content (AvgIpc) is 2.79. The zero-order valence-corrected chi connectivity index (χ0v) is 10.9. The molecule has 1 rings (SSSR count). The first-order valence-electron chi connectivity index (χ1n) is 5.59. The van der Waals surface area contributed by atoms with Crippen LogP contribution in [-0.2, 0) is 9.68 Å². The van der Waals surface area contributed by atoms with Gasteiger partial charge in [0.2, 0.25) is 11.7 Å². The number of aromatic nitrogens is 3. The van der Waals surface area contributed by atoms with Gasteiger partial charge in [-0.15, -0.1) is 0 Å². The van der Waals surface area contributed by atoms with Gasteiger partial charge >= 0.3 is 0 Å². The Balaban J connectivity index is 2.91. The largest absolute Gasteiger partial charge is 0.391 e. The first kappa shape index (κ1) is 13.9. The van der Waals surface area contributed by atoms with E-state index >= 15 is 0 Å². The average molecular weight is 254 g/mol. The predicted molar refractivity (Wildman–Crippen MR) is 66.9 cm³/mol. The van der Waals surface area contributed by atoms with Crippen molar-refractivity contribution in [1.82, 2.24) is 14.8 Å². The van der Waals surface area contributed by atoms with Crippen molar-refractivity contribution in [3.8, 4) is 0 Å². The second-order valence-electron chi connectivity index (χ2n) is 4.04. The third-order valence-electron chi connectivity index (χ3n) is 1.58. The SMILES string of the molecule is CC(C)O/N=C(N)/C(=N/OC(C)C)n1cncn1. The minimum atomic E-state index is -0.0812. The summed E-state index contributed by atoms with van der Waals surface area (Å²) in [5.74, 6) is 0.289. The van der Waals surface area contributed by atoms with E-state index in [9.17, 15) is 0 Å². The molecule has 1 heterocycles. The van der Waals surface area contributed by atoms with Crippen LogP contribution in [0.4, 0.5) is 0 Å². The molecule has 0 aliphatic heterocycles. The molecule has 1 aromatic rings. The molecule has 0 fully saturated rings. The van der Waals surface area contributed by atoms with Gasteiger partial charge in [-0.2, -0.15) is 9.78 Å². The number of nitrogens with zero attached hydrogens (tertiary/aromatic N) is 5. The zero-order valence-electron chi connectivity index (χ0n) is 10.9. The van der Waals surface area contributed by atoms with E-state index in [-0.39, 0.29) is 23.9 Å². The lowest BCUT2D eigenvalue weighted by Gasteiger charge is -2.08. The van der Waals surface area contributed by atoms with Gasteiger partial charge < -0.3 is 15.4 Å². The minimum Gasteiger partial charge on any atom is -0.391 e. The Hall–Kier alpha value is -2.12. The van der Waals surface area contributed by atoms with Crippen LogP contribution < -0.4 is 5.73 Å². The highest BCUT2D eigenvalue weighted by Gasteiger charge is 2.12. The van der Waals surface area contributed by atoms with E-state index in [1.54, 1.807) is 0 Å². The molecule has 8 nitrogen and oxygen atoms in total. The number of hydrogen-bond acceptors (Lipinski definition) is 6. The Morgan fingerprint density at radius 2 is 1.78 bits per heavy atom. The van der Waals surface area contributed by atoms with Crippen molar-refractivity contribution in [1.29, 1.82) is 0 Å². The highest BCUT2D eigenvalue weighted by Crippen LogP contribution is 1.95. The van der Waals surface area contributed by atoms with Crippen molar-refractivity contribution in [2.45, 2.75) is 39.9 Å². The van der Waals surface area contributed by atoms with Crippen LogP contribution >= 0.6 is 0 Å². The Bertz CT molecular complexity index is 410. The van der Waals surface area contributed by atoms with E-state index in [1.807, 2.05) is 27.7 Å².